The Morgan fingerprint density at radius 1 is 0.709 bits per heavy atom. The van der Waals surface area contributed by atoms with Crippen LogP contribution in [0, 0.1) is 0 Å². The second kappa shape index (κ2) is 25.1. The summed E-state index contributed by atoms with van der Waals surface area (Å²) in [4.78, 5) is 85.1. The number of ether oxygens (including phenoxy) is 3. The van der Waals surface area contributed by atoms with Gasteiger partial charge < -0.3 is 71.3 Å². The maximum atomic E-state index is 14.1. The van der Waals surface area contributed by atoms with Gasteiger partial charge in [0.2, 0.25) is 5.91 Å². The highest BCUT2D eigenvalue weighted by Crippen LogP contribution is 2.54. The van der Waals surface area contributed by atoms with E-state index in [4.69, 9.17) is 45.0 Å². The fourth-order valence-electron chi connectivity index (χ4n) is 10.6. The molecule has 13 atom stereocenters. The number of amides is 1. The molecule has 3 aliphatic rings. The first-order chi connectivity index (χ1) is 37.9. The molecule has 1 amide bonds. The number of aliphatic hydroxyl groups is 3. The van der Waals surface area contributed by atoms with Crippen molar-refractivity contribution in [2.75, 3.05) is 30.4 Å². The van der Waals surface area contributed by atoms with Crippen molar-refractivity contribution in [3.8, 4) is 0 Å². The quantitative estimate of drug-likeness (QED) is 0.0250. The van der Waals surface area contributed by atoms with E-state index in [1.807, 2.05) is 0 Å². The summed E-state index contributed by atoms with van der Waals surface area (Å²) in [5, 5.41) is 38.1. The first kappa shape index (κ1) is 58.2. The molecule has 0 bridgehead atoms. The van der Waals surface area contributed by atoms with Crippen LogP contribution in [0.5, 0.6) is 0 Å². The second-order valence-corrected chi connectivity index (χ2v) is 22.6. The maximum Gasteiger partial charge on any atom is 0.472 e. The lowest BCUT2D eigenvalue weighted by molar-refractivity contribution is -0.239. The van der Waals surface area contributed by atoms with Crippen LogP contribution in [0.15, 0.2) is 38.0 Å². The maximum absolute atomic E-state index is 14.1. The molecule has 13 unspecified atom stereocenters. The standard InChI is InChI=1S/C46H68N16O15P2/c1-2-3-4-5-6-7-8-9-10-11-12-13-14-15-30(64)50-18-29-35(66)37(77-78(67,68)69)46(75-29,62-25-59-33-40(49)53-22-56-43(33)62)17-28-34(65)36(45(74-28)61-24-58-32-39(48)52-21-55-42(32)61)76-79(70,71)72-19-26-16-27(63)44(73-26)60-23-57-31-38(47)51-20-54-41(31)60/h20-29,34-37,44-45,63,65-66H,2-19H2,1H3,(H,50,64)(H,70,71)(H2,47,51,54)(H2,48,52,55)(H2,49,53,56)(H2,67,68,69)/p-1. The van der Waals surface area contributed by atoms with E-state index in [0.29, 0.717) is 6.42 Å². The number of unbranched alkanes of at least 4 members (excludes halogenated alkanes) is 12. The first-order valence-electron chi connectivity index (χ1n) is 26.4. The zero-order valence-corrected chi connectivity index (χ0v) is 45.1. The minimum absolute atomic E-state index is 0.0165. The number of carbonyl (C=O) groups excluding carboxylic acids is 1. The van der Waals surface area contributed by atoms with Gasteiger partial charge in [-0.3, -0.25) is 32.1 Å². The van der Waals surface area contributed by atoms with Gasteiger partial charge in [0.25, 0.3) is 7.82 Å². The van der Waals surface area contributed by atoms with Crippen molar-refractivity contribution in [3.05, 3.63) is 38.0 Å². The molecule has 0 radical (unpaired) electrons. The van der Waals surface area contributed by atoms with Crippen molar-refractivity contribution in [2.45, 2.75) is 177 Å². The number of imidazole rings is 3. The van der Waals surface area contributed by atoms with Gasteiger partial charge in [0, 0.05) is 25.8 Å². The average Bonchev–Trinajstić information content (AvgIpc) is 4.13. The number of rotatable bonds is 28. The molecule has 0 aromatic carbocycles. The Morgan fingerprint density at radius 2 is 1.24 bits per heavy atom. The highest BCUT2D eigenvalue weighted by atomic mass is 31.2. The monoisotopic (exact) mass is 1150 g/mol. The smallest absolute Gasteiger partial charge is 0.472 e. The molecule has 79 heavy (non-hydrogen) atoms. The van der Waals surface area contributed by atoms with Gasteiger partial charge in [-0.1, -0.05) is 84.0 Å². The molecule has 3 fully saturated rings. The summed E-state index contributed by atoms with van der Waals surface area (Å²) in [6, 6.07) is 0. The molecule has 6 aromatic heterocycles. The summed E-state index contributed by atoms with van der Waals surface area (Å²) in [5.74, 6) is -0.466. The van der Waals surface area contributed by atoms with Crippen molar-refractivity contribution in [1.82, 2.24) is 63.9 Å². The number of phosphoric ester groups is 2. The fraction of sp³-hybridized carbons (Fsp3) is 0.652. The molecule has 31 nitrogen and oxygen atoms in total. The van der Waals surface area contributed by atoms with Crippen LogP contribution in [0.3, 0.4) is 0 Å². The predicted octanol–water partition coefficient (Wildman–Crippen LogP) is 1.91. The number of anilines is 3. The minimum atomic E-state index is -5.81. The van der Waals surface area contributed by atoms with E-state index >= 15 is 0 Å². The van der Waals surface area contributed by atoms with Crippen molar-refractivity contribution < 1.29 is 71.7 Å². The lowest BCUT2D eigenvalue weighted by atomic mass is 9.93. The van der Waals surface area contributed by atoms with Crippen LogP contribution in [0.4, 0.5) is 17.5 Å². The predicted molar refractivity (Wildman–Crippen MR) is 276 cm³/mol. The lowest BCUT2D eigenvalue weighted by Crippen LogP contribution is -2.50. The summed E-state index contributed by atoms with van der Waals surface area (Å²) in [7, 11) is -11.1. The molecule has 432 valence electrons. The fourth-order valence-corrected chi connectivity index (χ4v) is 12.1. The van der Waals surface area contributed by atoms with Gasteiger partial charge in [-0.15, -0.1) is 0 Å². The van der Waals surface area contributed by atoms with E-state index in [9.17, 15) is 43.9 Å². The molecule has 9 rings (SSSR count). The Balaban J connectivity index is 0.934. The largest absolute Gasteiger partial charge is 0.756 e. The highest BCUT2D eigenvalue weighted by molar-refractivity contribution is 7.47. The van der Waals surface area contributed by atoms with Crippen LogP contribution in [-0.4, -0.2) is 152 Å². The Kier molecular flexibility index (Phi) is 18.5. The van der Waals surface area contributed by atoms with Gasteiger partial charge in [-0.2, -0.15) is 0 Å². The molecule has 12 N–H and O–H groups in total. The van der Waals surface area contributed by atoms with Crippen molar-refractivity contribution in [2.24, 2.45) is 0 Å². The molecule has 0 spiro atoms. The minimum Gasteiger partial charge on any atom is -0.756 e. The molecule has 0 saturated carbocycles. The van der Waals surface area contributed by atoms with E-state index in [0.717, 1.165) is 49.2 Å². The number of aliphatic hydroxyl groups excluding tert-OH is 3. The molecule has 3 aliphatic heterocycles. The number of hydrogen-bond donors (Lipinski definition) is 9. The summed E-state index contributed by atoms with van der Waals surface area (Å²) in [5.41, 5.74) is 16.3. The lowest BCUT2D eigenvalue weighted by Gasteiger charge is -2.39. The van der Waals surface area contributed by atoms with Crippen LogP contribution in [0.25, 0.3) is 33.5 Å². The SMILES string of the molecule is CCCCCCCCCCCCCCCC(=O)NCC1OC(CC2OC(n3cnc4c(N)ncnc43)C(OP(=O)(O)OCC3CC(O)C(n4cnc5c(N)ncnc54)O3)C2O)(n2cnc3c(N)ncnc32)C(OP(=O)([O-])O)C1O. The summed E-state index contributed by atoms with van der Waals surface area (Å²) in [6.45, 7) is 1.18. The van der Waals surface area contributed by atoms with E-state index < -0.39 is 102 Å². The molecule has 6 aromatic rings. The van der Waals surface area contributed by atoms with Crippen molar-refractivity contribution in [1.29, 1.82) is 0 Å². The molecule has 3 saturated heterocycles. The summed E-state index contributed by atoms with van der Waals surface area (Å²) >= 11 is 0. The topological polar surface area (TPSA) is 452 Å². The van der Waals surface area contributed by atoms with Gasteiger partial charge >= 0.3 is 7.82 Å². The van der Waals surface area contributed by atoms with Gasteiger partial charge in [-0.05, 0) is 6.42 Å². The van der Waals surface area contributed by atoms with E-state index in [2.05, 4.69) is 57.1 Å². The zero-order chi connectivity index (χ0) is 56.1. The molecular formula is C46H67N16O15P2-. The Hall–Kier alpha value is -5.50. The van der Waals surface area contributed by atoms with Crippen molar-refractivity contribution in [3.63, 3.8) is 0 Å². The Morgan fingerprint density at radius 3 is 1.82 bits per heavy atom. The van der Waals surface area contributed by atoms with Gasteiger partial charge in [0.1, 0.15) is 72.2 Å². The normalized spacial score (nSPS) is 27.8. The second-order valence-electron chi connectivity index (χ2n) is 20.0. The molecule has 0 aliphatic carbocycles. The number of nitrogen functional groups attached to an aromatic ring is 3. The summed E-state index contributed by atoms with van der Waals surface area (Å²) in [6.07, 6.45) is 4.96. The highest BCUT2D eigenvalue weighted by Gasteiger charge is 2.62. The van der Waals surface area contributed by atoms with Gasteiger partial charge in [0.15, 0.2) is 52.6 Å². The third-order valence-corrected chi connectivity index (χ3v) is 16.0. The number of carbonyl (C=O) groups is 1. The third kappa shape index (κ3) is 13.2. The number of hydrogen-bond acceptors (Lipinski definition) is 25. The first-order valence-corrected chi connectivity index (χ1v) is 29.3. The third-order valence-electron chi connectivity index (χ3n) is 14.5. The summed E-state index contributed by atoms with van der Waals surface area (Å²) < 4.78 is 66.2. The van der Waals surface area contributed by atoms with Crippen LogP contribution in [0.1, 0.15) is 122 Å². The van der Waals surface area contributed by atoms with E-state index in [1.165, 1.54) is 79.5 Å². The number of fused-ring (bicyclic) bond motifs is 3. The van der Waals surface area contributed by atoms with Gasteiger partial charge in [0.05, 0.1) is 37.8 Å². The number of nitrogens with zero attached hydrogens (tertiary/aromatic N) is 12. The zero-order valence-electron chi connectivity index (χ0n) is 43.3. The van der Waals surface area contributed by atoms with Crippen molar-refractivity contribution >= 4 is 72.5 Å². The van der Waals surface area contributed by atoms with Crippen LogP contribution < -0.4 is 27.4 Å². The average molecular weight is 1150 g/mol. The number of phosphoric acid groups is 2. The van der Waals surface area contributed by atoms with Crippen LogP contribution >= 0.6 is 15.6 Å². The Bertz CT molecular complexity index is 3130. The molecule has 9 heterocycles. The number of nitrogens with two attached hydrogens (primary N) is 3. The van der Waals surface area contributed by atoms with Crippen LogP contribution in [-0.2, 0) is 47.4 Å². The molecule has 33 heteroatoms. The number of nitrogens with one attached hydrogen (secondary N) is 1. The van der Waals surface area contributed by atoms with E-state index in [1.54, 1.807) is 0 Å². The Labute approximate surface area is 451 Å². The van der Waals surface area contributed by atoms with Crippen LogP contribution in [0.2, 0.25) is 0 Å². The van der Waals surface area contributed by atoms with E-state index in [-0.39, 0.29) is 69.7 Å². The number of aromatic nitrogens is 12. The van der Waals surface area contributed by atoms with Gasteiger partial charge in [-0.25, -0.2) is 49.4 Å². The molecular weight excluding hydrogens is 1080 g/mol.